The maximum Gasteiger partial charge on any atom is 0.341 e. The molecule has 4 rings (SSSR count). The molecule has 0 aliphatic heterocycles. The Balaban J connectivity index is 1.71. The Morgan fingerprint density at radius 2 is 2.03 bits per heavy atom. The summed E-state index contributed by atoms with van der Waals surface area (Å²) in [6.07, 6.45) is 2.71. The van der Waals surface area contributed by atoms with Crippen molar-refractivity contribution in [1.29, 1.82) is 0 Å². The van der Waals surface area contributed by atoms with Gasteiger partial charge in [0.1, 0.15) is 5.00 Å². The second kappa shape index (κ2) is 8.08. The average Bonchev–Trinajstić information content (AvgIpc) is 3.05. The summed E-state index contributed by atoms with van der Waals surface area (Å²) in [4.78, 5) is 39.4. The molecule has 1 aliphatic rings. The number of hydrogen-bond donors (Lipinski definition) is 1. The van der Waals surface area contributed by atoms with Crippen molar-refractivity contribution in [3.05, 3.63) is 60.8 Å². The highest BCUT2D eigenvalue weighted by atomic mass is 32.1. The molecule has 5 nitrogen and oxygen atoms in total. The third-order valence-electron chi connectivity index (χ3n) is 5.11. The summed E-state index contributed by atoms with van der Waals surface area (Å²) in [5.74, 6) is -0.234. The predicted molar refractivity (Wildman–Crippen MR) is 118 cm³/mol. The van der Waals surface area contributed by atoms with Crippen LogP contribution in [0, 0.1) is 5.92 Å². The Morgan fingerprint density at radius 3 is 2.83 bits per heavy atom. The van der Waals surface area contributed by atoms with E-state index in [1.54, 1.807) is 25.1 Å². The third kappa shape index (κ3) is 3.84. The first-order valence-electron chi connectivity index (χ1n) is 9.63. The standard InChI is InChI=1S/C22H21NO4S2/c1-3-27-21(25)18-15-9-8-12(2)10-16(15)28-20(18)23-19(24)17-11-13-6-4-5-7-14(13)22(26)29-17/h4-7,11-12H,3,8-10H2,1-2H3,(H,23,24). The van der Waals surface area contributed by atoms with Gasteiger partial charge in [0.25, 0.3) is 5.91 Å². The summed E-state index contributed by atoms with van der Waals surface area (Å²) in [5, 5.41) is 4.72. The lowest BCUT2D eigenvalue weighted by Crippen LogP contribution is -2.17. The van der Waals surface area contributed by atoms with E-state index in [-0.39, 0.29) is 17.3 Å². The molecule has 0 bridgehead atoms. The molecule has 2 heterocycles. The highest BCUT2D eigenvalue weighted by molar-refractivity contribution is 7.17. The number of amides is 1. The summed E-state index contributed by atoms with van der Waals surface area (Å²) >= 11 is 2.36. The van der Waals surface area contributed by atoms with E-state index in [0.29, 0.717) is 26.7 Å². The number of fused-ring (bicyclic) bond motifs is 2. The van der Waals surface area contributed by atoms with Gasteiger partial charge in [-0.15, -0.1) is 11.3 Å². The van der Waals surface area contributed by atoms with Crippen LogP contribution >= 0.6 is 22.7 Å². The van der Waals surface area contributed by atoms with E-state index in [0.717, 1.165) is 46.4 Å². The number of carbonyl (C=O) groups excluding carboxylic acids is 2. The first-order valence-corrected chi connectivity index (χ1v) is 11.3. The maximum absolute atomic E-state index is 12.9. The minimum Gasteiger partial charge on any atom is -0.462 e. The lowest BCUT2D eigenvalue weighted by atomic mass is 9.88. The molecule has 2 aromatic heterocycles. The summed E-state index contributed by atoms with van der Waals surface area (Å²) < 4.78 is 5.10. The van der Waals surface area contributed by atoms with Gasteiger partial charge in [0.2, 0.25) is 4.74 Å². The van der Waals surface area contributed by atoms with Gasteiger partial charge in [0.15, 0.2) is 0 Å². The van der Waals surface area contributed by atoms with Crippen LogP contribution in [0.1, 0.15) is 50.7 Å². The molecule has 3 aromatic rings. The number of carbonyl (C=O) groups is 2. The topological polar surface area (TPSA) is 72.5 Å². The molecule has 29 heavy (non-hydrogen) atoms. The first-order chi connectivity index (χ1) is 14.0. The Morgan fingerprint density at radius 1 is 1.24 bits per heavy atom. The Labute approximate surface area is 176 Å². The molecule has 1 atom stereocenters. The highest BCUT2D eigenvalue weighted by Gasteiger charge is 2.29. The third-order valence-corrected chi connectivity index (χ3v) is 7.21. The van der Waals surface area contributed by atoms with Crippen LogP contribution in [-0.4, -0.2) is 18.5 Å². The predicted octanol–water partition coefficient (Wildman–Crippen LogP) is 4.88. The lowest BCUT2D eigenvalue weighted by molar-refractivity contribution is 0.0526. The smallest absolute Gasteiger partial charge is 0.341 e. The van der Waals surface area contributed by atoms with E-state index < -0.39 is 5.97 Å². The molecule has 0 fully saturated rings. The number of ether oxygens (including phenoxy) is 1. The van der Waals surface area contributed by atoms with Crippen LogP contribution in [0.3, 0.4) is 0 Å². The summed E-state index contributed by atoms with van der Waals surface area (Å²) in [5.41, 5.74) is 1.47. The first kappa shape index (κ1) is 19.8. The van der Waals surface area contributed by atoms with Crippen molar-refractivity contribution in [3.8, 4) is 0 Å². The molecule has 0 saturated heterocycles. The van der Waals surface area contributed by atoms with Crippen molar-refractivity contribution in [2.45, 2.75) is 33.1 Å². The van der Waals surface area contributed by atoms with Gasteiger partial charge < -0.3 is 10.1 Å². The fourth-order valence-corrected chi connectivity index (χ4v) is 5.89. The number of benzene rings is 1. The monoisotopic (exact) mass is 427 g/mol. The fourth-order valence-electron chi connectivity index (χ4n) is 3.67. The number of thiophene rings is 1. The van der Waals surface area contributed by atoms with Crippen molar-refractivity contribution >= 4 is 50.3 Å². The van der Waals surface area contributed by atoms with Crippen LogP contribution in [0.4, 0.5) is 5.00 Å². The SMILES string of the molecule is CCOC(=O)c1c(NC(=O)c2cc3ccccc3c(=O)s2)sc2c1CCC(C)C2. The number of esters is 1. The van der Waals surface area contributed by atoms with E-state index in [9.17, 15) is 14.4 Å². The van der Waals surface area contributed by atoms with Crippen molar-refractivity contribution in [2.75, 3.05) is 11.9 Å². The minimum atomic E-state index is -0.401. The van der Waals surface area contributed by atoms with Gasteiger partial charge in [0, 0.05) is 10.3 Å². The van der Waals surface area contributed by atoms with Crippen LogP contribution in [-0.2, 0) is 17.6 Å². The highest BCUT2D eigenvalue weighted by Crippen LogP contribution is 2.40. The number of rotatable bonds is 4. The summed E-state index contributed by atoms with van der Waals surface area (Å²) in [7, 11) is 0. The molecule has 1 aliphatic carbocycles. The van der Waals surface area contributed by atoms with E-state index in [2.05, 4.69) is 12.2 Å². The van der Waals surface area contributed by atoms with Gasteiger partial charge in [-0.1, -0.05) is 36.5 Å². The quantitative estimate of drug-likeness (QED) is 0.603. The van der Waals surface area contributed by atoms with Crippen LogP contribution in [0.5, 0.6) is 0 Å². The van der Waals surface area contributed by atoms with Crippen molar-refractivity contribution < 1.29 is 14.3 Å². The van der Waals surface area contributed by atoms with E-state index in [1.807, 2.05) is 12.1 Å². The molecule has 0 radical (unpaired) electrons. The summed E-state index contributed by atoms with van der Waals surface area (Å²) in [6, 6.07) is 8.93. The lowest BCUT2D eigenvalue weighted by Gasteiger charge is -2.18. The van der Waals surface area contributed by atoms with E-state index >= 15 is 0 Å². The largest absolute Gasteiger partial charge is 0.462 e. The number of hydrogen-bond acceptors (Lipinski definition) is 6. The van der Waals surface area contributed by atoms with Gasteiger partial charge in [-0.2, -0.15) is 0 Å². The number of anilines is 1. The molecule has 1 unspecified atom stereocenters. The maximum atomic E-state index is 12.9. The second-order valence-electron chi connectivity index (χ2n) is 7.22. The molecule has 0 saturated carbocycles. The fraction of sp³-hybridized carbons (Fsp3) is 0.318. The molecule has 150 valence electrons. The zero-order valence-corrected chi connectivity index (χ0v) is 17.9. The Hall–Kier alpha value is -2.51. The van der Waals surface area contributed by atoms with Crippen LogP contribution in [0.2, 0.25) is 0 Å². The van der Waals surface area contributed by atoms with Gasteiger partial charge in [-0.3, -0.25) is 9.59 Å². The molecule has 0 spiro atoms. The van der Waals surface area contributed by atoms with Gasteiger partial charge >= 0.3 is 5.97 Å². The molecular formula is C22H21NO4S2. The minimum absolute atomic E-state index is 0.154. The van der Waals surface area contributed by atoms with Crippen LogP contribution in [0.25, 0.3) is 10.8 Å². The molecule has 1 aromatic carbocycles. The van der Waals surface area contributed by atoms with Crippen molar-refractivity contribution in [1.82, 2.24) is 0 Å². The second-order valence-corrected chi connectivity index (χ2v) is 9.34. The Kier molecular flexibility index (Phi) is 5.52. The van der Waals surface area contributed by atoms with Crippen LogP contribution < -0.4 is 10.1 Å². The zero-order valence-electron chi connectivity index (χ0n) is 16.2. The zero-order chi connectivity index (χ0) is 20.5. The van der Waals surface area contributed by atoms with Crippen molar-refractivity contribution in [2.24, 2.45) is 5.92 Å². The molecule has 1 amide bonds. The number of nitrogens with one attached hydrogen (secondary N) is 1. The van der Waals surface area contributed by atoms with Gasteiger partial charge in [0.05, 0.1) is 17.0 Å². The van der Waals surface area contributed by atoms with Gasteiger partial charge in [-0.25, -0.2) is 4.79 Å². The van der Waals surface area contributed by atoms with Crippen LogP contribution in [0.15, 0.2) is 35.1 Å². The van der Waals surface area contributed by atoms with E-state index in [4.69, 9.17) is 4.74 Å². The summed E-state index contributed by atoms with van der Waals surface area (Å²) in [6.45, 7) is 4.24. The van der Waals surface area contributed by atoms with E-state index in [1.165, 1.54) is 11.3 Å². The molecule has 7 heteroatoms. The average molecular weight is 428 g/mol. The molecule has 1 N–H and O–H groups in total. The normalized spacial score (nSPS) is 15.7. The molecular weight excluding hydrogens is 406 g/mol. The Bertz CT molecular complexity index is 1160. The van der Waals surface area contributed by atoms with Crippen molar-refractivity contribution in [3.63, 3.8) is 0 Å². The van der Waals surface area contributed by atoms with Gasteiger partial charge in [-0.05, 0) is 55.2 Å².